The molecule has 0 atom stereocenters. The number of alkyl halides is 3. The standard InChI is InChI=1S/C14H15F3N4O2S/c1-24(22,23)21-8-6-20(7-9-21)13-10-2-3-12(14(15,16)17)19-11(10)4-5-18-13/h2-5H,6-9H2,1H3. The quantitative estimate of drug-likeness (QED) is 0.816. The fourth-order valence-electron chi connectivity index (χ4n) is 2.68. The fraction of sp³-hybridized carbons (Fsp3) is 0.429. The Bertz CT molecular complexity index is 862. The number of pyridine rings is 2. The SMILES string of the molecule is CS(=O)(=O)N1CCN(c2nccc3nc(C(F)(F)F)ccc23)CC1. The first-order valence-electron chi connectivity index (χ1n) is 7.19. The van der Waals surface area contributed by atoms with Crippen molar-refractivity contribution in [3.8, 4) is 0 Å². The topological polar surface area (TPSA) is 66.4 Å². The highest BCUT2D eigenvalue weighted by atomic mass is 32.2. The second-order valence-corrected chi connectivity index (χ2v) is 7.53. The minimum absolute atomic E-state index is 0.209. The highest BCUT2D eigenvalue weighted by Gasteiger charge is 2.33. The molecule has 2 aromatic rings. The van der Waals surface area contributed by atoms with Crippen LogP contribution in [0, 0.1) is 0 Å². The van der Waals surface area contributed by atoms with E-state index < -0.39 is 21.9 Å². The van der Waals surface area contributed by atoms with Crippen LogP contribution in [0.2, 0.25) is 0 Å². The lowest BCUT2D eigenvalue weighted by Gasteiger charge is -2.34. The largest absolute Gasteiger partial charge is 0.433 e. The summed E-state index contributed by atoms with van der Waals surface area (Å²) in [6.45, 7) is 1.45. The summed E-state index contributed by atoms with van der Waals surface area (Å²) >= 11 is 0. The molecule has 0 aromatic carbocycles. The first-order chi connectivity index (χ1) is 11.2. The zero-order chi connectivity index (χ0) is 17.5. The molecule has 0 spiro atoms. The summed E-state index contributed by atoms with van der Waals surface area (Å²) in [5, 5.41) is 0.512. The molecule has 3 heterocycles. The Kier molecular flexibility index (Phi) is 4.12. The average molecular weight is 360 g/mol. The number of halogens is 3. The Hall–Kier alpha value is -1.94. The number of piperazine rings is 1. The minimum Gasteiger partial charge on any atom is -0.353 e. The smallest absolute Gasteiger partial charge is 0.353 e. The van der Waals surface area contributed by atoms with E-state index in [0.717, 1.165) is 12.3 Å². The second-order valence-electron chi connectivity index (χ2n) is 5.54. The molecule has 1 saturated heterocycles. The van der Waals surface area contributed by atoms with Crippen LogP contribution in [0.3, 0.4) is 0 Å². The third-order valence-corrected chi connectivity index (χ3v) is 5.20. The predicted molar refractivity (Wildman–Crippen MR) is 83.2 cm³/mol. The molecule has 6 nitrogen and oxygen atoms in total. The van der Waals surface area contributed by atoms with Gasteiger partial charge in [-0.3, -0.25) is 0 Å². The molecule has 0 saturated carbocycles. The molecule has 0 radical (unpaired) electrons. The number of hydrogen-bond acceptors (Lipinski definition) is 5. The van der Waals surface area contributed by atoms with E-state index in [1.165, 1.54) is 22.6 Å². The third kappa shape index (κ3) is 3.29. The van der Waals surface area contributed by atoms with Gasteiger partial charge in [0, 0.05) is 37.8 Å². The molecule has 0 bridgehead atoms. The van der Waals surface area contributed by atoms with Crippen LogP contribution in [0.1, 0.15) is 5.69 Å². The summed E-state index contributed by atoms with van der Waals surface area (Å²) in [6.07, 6.45) is -1.94. The second kappa shape index (κ2) is 5.85. The maximum Gasteiger partial charge on any atom is 0.433 e. The Morgan fingerprint density at radius 3 is 2.33 bits per heavy atom. The average Bonchev–Trinajstić information content (AvgIpc) is 2.52. The molecular formula is C14H15F3N4O2S. The van der Waals surface area contributed by atoms with Crippen molar-refractivity contribution in [3.63, 3.8) is 0 Å². The van der Waals surface area contributed by atoms with Gasteiger partial charge in [0.05, 0.1) is 11.8 Å². The summed E-state index contributed by atoms with van der Waals surface area (Å²) < 4.78 is 62.8. The van der Waals surface area contributed by atoms with Gasteiger partial charge in [-0.05, 0) is 18.2 Å². The summed E-state index contributed by atoms with van der Waals surface area (Å²) in [7, 11) is -3.25. The lowest BCUT2D eigenvalue weighted by Crippen LogP contribution is -2.48. The molecule has 1 aliphatic heterocycles. The van der Waals surface area contributed by atoms with E-state index in [0.29, 0.717) is 37.4 Å². The monoisotopic (exact) mass is 360 g/mol. The first-order valence-corrected chi connectivity index (χ1v) is 9.04. The molecular weight excluding hydrogens is 345 g/mol. The Balaban J connectivity index is 1.91. The fourth-order valence-corrected chi connectivity index (χ4v) is 3.51. The zero-order valence-electron chi connectivity index (χ0n) is 12.8. The van der Waals surface area contributed by atoms with Crippen LogP contribution in [0.4, 0.5) is 19.0 Å². The van der Waals surface area contributed by atoms with Crippen molar-refractivity contribution in [2.45, 2.75) is 6.18 Å². The number of hydrogen-bond donors (Lipinski definition) is 0. The number of sulfonamides is 1. The maximum atomic E-state index is 12.8. The van der Waals surface area contributed by atoms with E-state index in [-0.39, 0.29) is 5.52 Å². The van der Waals surface area contributed by atoms with Crippen LogP contribution < -0.4 is 4.90 Å². The van der Waals surface area contributed by atoms with E-state index in [1.807, 2.05) is 4.90 Å². The lowest BCUT2D eigenvalue weighted by atomic mass is 10.2. The zero-order valence-corrected chi connectivity index (χ0v) is 13.6. The molecule has 24 heavy (non-hydrogen) atoms. The minimum atomic E-state index is -4.50. The number of fused-ring (bicyclic) bond motifs is 1. The van der Waals surface area contributed by atoms with Crippen LogP contribution in [0.5, 0.6) is 0 Å². The summed E-state index contributed by atoms with van der Waals surface area (Å²) in [6, 6.07) is 3.72. The van der Waals surface area contributed by atoms with Gasteiger partial charge in [-0.25, -0.2) is 18.4 Å². The third-order valence-electron chi connectivity index (χ3n) is 3.89. The van der Waals surface area contributed by atoms with Crippen molar-refractivity contribution < 1.29 is 21.6 Å². The highest BCUT2D eigenvalue weighted by molar-refractivity contribution is 7.88. The number of nitrogens with zero attached hydrogens (tertiary/aromatic N) is 4. The van der Waals surface area contributed by atoms with Gasteiger partial charge in [0.1, 0.15) is 11.5 Å². The van der Waals surface area contributed by atoms with Crippen LogP contribution >= 0.6 is 0 Å². The van der Waals surface area contributed by atoms with E-state index in [2.05, 4.69) is 9.97 Å². The highest BCUT2D eigenvalue weighted by Crippen LogP contribution is 2.31. The van der Waals surface area contributed by atoms with Crippen LogP contribution in [0.25, 0.3) is 10.9 Å². The van der Waals surface area contributed by atoms with E-state index in [1.54, 1.807) is 0 Å². The molecule has 1 fully saturated rings. The Morgan fingerprint density at radius 1 is 1.08 bits per heavy atom. The van der Waals surface area contributed by atoms with Gasteiger partial charge in [-0.15, -0.1) is 0 Å². The van der Waals surface area contributed by atoms with Crippen LogP contribution in [-0.4, -0.2) is 55.1 Å². The number of rotatable bonds is 2. The molecule has 0 aliphatic carbocycles. The maximum absolute atomic E-state index is 12.8. The molecule has 1 aliphatic rings. The summed E-state index contributed by atoms with van der Waals surface area (Å²) in [4.78, 5) is 9.76. The van der Waals surface area contributed by atoms with E-state index >= 15 is 0 Å². The van der Waals surface area contributed by atoms with Gasteiger partial charge < -0.3 is 4.90 Å². The van der Waals surface area contributed by atoms with E-state index in [9.17, 15) is 21.6 Å². The van der Waals surface area contributed by atoms with Gasteiger partial charge >= 0.3 is 6.18 Å². The normalized spacial score (nSPS) is 17.4. The van der Waals surface area contributed by atoms with Crippen molar-refractivity contribution in [1.82, 2.24) is 14.3 Å². The van der Waals surface area contributed by atoms with E-state index in [4.69, 9.17) is 0 Å². The first kappa shape index (κ1) is 16.9. The van der Waals surface area contributed by atoms with Gasteiger partial charge in [0.2, 0.25) is 10.0 Å². The molecule has 0 N–H and O–H groups in total. The van der Waals surface area contributed by atoms with Gasteiger partial charge in [-0.1, -0.05) is 0 Å². The predicted octanol–water partition coefficient (Wildman–Crippen LogP) is 1.73. The molecule has 10 heteroatoms. The lowest BCUT2D eigenvalue weighted by molar-refractivity contribution is -0.140. The van der Waals surface area contributed by atoms with Gasteiger partial charge in [-0.2, -0.15) is 17.5 Å². The van der Waals surface area contributed by atoms with Crippen molar-refractivity contribution in [1.29, 1.82) is 0 Å². The molecule has 0 amide bonds. The van der Waals surface area contributed by atoms with Crippen LogP contribution in [-0.2, 0) is 16.2 Å². The number of aromatic nitrogens is 2. The van der Waals surface area contributed by atoms with Crippen molar-refractivity contribution in [2.24, 2.45) is 0 Å². The molecule has 3 rings (SSSR count). The summed E-state index contributed by atoms with van der Waals surface area (Å²) in [5.41, 5.74) is -0.741. The van der Waals surface area contributed by atoms with Crippen molar-refractivity contribution in [2.75, 3.05) is 37.3 Å². The van der Waals surface area contributed by atoms with Crippen LogP contribution in [0.15, 0.2) is 24.4 Å². The van der Waals surface area contributed by atoms with Gasteiger partial charge in [0.15, 0.2) is 0 Å². The Labute approximate surface area is 137 Å². The van der Waals surface area contributed by atoms with Crippen molar-refractivity contribution in [3.05, 3.63) is 30.1 Å². The summed E-state index contributed by atoms with van der Waals surface area (Å²) in [5.74, 6) is 0.516. The molecule has 130 valence electrons. The molecule has 2 aromatic heterocycles. The number of anilines is 1. The van der Waals surface area contributed by atoms with Crippen molar-refractivity contribution >= 4 is 26.7 Å². The Morgan fingerprint density at radius 2 is 1.75 bits per heavy atom. The molecule has 0 unspecified atom stereocenters. The van der Waals surface area contributed by atoms with Gasteiger partial charge in [0.25, 0.3) is 0 Å².